The standard InChI is InChI=1S/C12H16N4O2.C2HF3O2/c1-16(2,3)8-9-4-6-10(7-5-9)15-11(17)13-14-12(15)18;3-2(4,5)1(6)7/h4-7H,8H2,1-3H3,(H-,13,14,17,18);(H,6,7). The van der Waals surface area contributed by atoms with E-state index < -0.39 is 23.5 Å². The van der Waals surface area contributed by atoms with Crippen LogP contribution in [0.1, 0.15) is 5.56 Å². The van der Waals surface area contributed by atoms with Crippen LogP contribution in [0.5, 0.6) is 0 Å². The van der Waals surface area contributed by atoms with Gasteiger partial charge in [-0.25, -0.2) is 24.4 Å². The number of carboxylic acid groups (broad SMARTS) is 1. The highest BCUT2D eigenvalue weighted by molar-refractivity contribution is 5.70. The lowest BCUT2D eigenvalue weighted by Crippen LogP contribution is -2.37. The first-order valence-corrected chi connectivity index (χ1v) is 6.89. The highest BCUT2D eigenvalue weighted by Crippen LogP contribution is 2.11. The van der Waals surface area contributed by atoms with Gasteiger partial charge < -0.3 is 14.4 Å². The average Bonchev–Trinajstić information content (AvgIpc) is 2.77. The van der Waals surface area contributed by atoms with Gasteiger partial charge >= 0.3 is 17.6 Å². The minimum absolute atomic E-state index is 0.459. The van der Waals surface area contributed by atoms with Gasteiger partial charge in [0.15, 0.2) is 0 Å². The third-order valence-electron chi connectivity index (χ3n) is 2.77. The molecule has 0 atom stereocenters. The van der Waals surface area contributed by atoms with Gasteiger partial charge in [-0.2, -0.15) is 13.2 Å². The highest BCUT2D eigenvalue weighted by Gasteiger charge is 2.28. The molecule has 25 heavy (non-hydrogen) atoms. The zero-order valence-corrected chi connectivity index (χ0v) is 13.7. The molecule has 1 heterocycles. The zero-order valence-electron chi connectivity index (χ0n) is 13.7. The van der Waals surface area contributed by atoms with E-state index in [-0.39, 0.29) is 0 Å². The van der Waals surface area contributed by atoms with Crippen LogP contribution in [-0.2, 0) is 11.3 Å². The van der Waals surface area contributed by atoms with Crippen molar-refractivity contribution in [3.8, 4) is 5.69 Å². The Balaban J connectivity index is 0.000000381. The number of aromatic nitrogens is 3. The number of nitrogens with one attached hydrogen (secondary N) is 2. The van der Waals surface area contributed by atoms with Crippen molar-refractivity contribution in [2.24, 2.45) is 0 Å². The summed E-state index contributed by atoms with van der Waals surface area (Å²) in [6, 6.07) is 7.40. The van der Waals surface area contributed by atoms with E-state index in [0.717, 1.165) is 21.2 Å². The summed E-state index contributed by atoms with van der Waals surface area (Å²) in [5.41, 5.74) is 0.803. The molecule has 2 rings (SSSR count). The maximum atomic E-state index is 11.4. The van der Waals surface area contributed by atoms with Gasteiger partial charge in [-0.15, -0.1) is 0 Å². The molecule has 2 N–H and O–H groups in total. The molecule has 0 unspecified atom stereocenters. The summed E-state index contributed by atoms with van der Waals surface area (Å²) in [4.78, 5) is 31.6. The first-order valence-electron chi connectivity index (χ1n) is 6.89. The van der Waals surface area contributed by atoms with Gasteiger partial charge in [0, 0.05) is 5.56 Å². The number of aliphatic carboxylic acids is 1. The number of nitrogens with zero attached hydrogens (tertiary/aromatic N) is 2. The average molecular weight is 362 g/mol. The van der Waals surface area contributed by atoms with Crippen molar-refractivity contribution in [2.75, 3.05) is 21.1 Å². The van der Waals surface area contributed by atoms with Crippen LogP contribution in [0.3, 0.4) is 0 Å². The fraction of sp³-hybridized carbons (Fsp3) is 0.357. The number of H-pyrrole nitrogens is 2. The largest absolute Gasteiger partial charge is 0.542 e. The first kappa shape index (κ1) is 20.2. The Hall–Kier alpha value is -2.82. The van der Waals surface area contributed by atoms with Gasteiger partial charge in [0.2, 0.25) is 0 Å². The molecule has 0 aliphatic rings. The molecule has 0 saturated heterocycles. The molecular weight excluding hydrogens is 345 g/mol. The van der Waals surface area contributed by atoms with Crippen LogP contribution < -0.4 is 16.5 Å². The highest BCUT2D eigenvalue weighted by atomic mass is 19.4. The van der Waals surface area contributed by atoms with Crippen LogP contribution in [0.25, 0.3) is 5.69 Å². The second-order valence-electron chi connectivity index (χ2n) is 6.10. The van der Waals surface area contributed by atoms with Crippen LogP contribution in [0.2, 0.25) is 0 Å². The maximum absolute atomic E-state index is 11.4. The van der Waals surface area contributed by atoms with Crippen molar-refractivity contribution >= 4 is 5.97 Å². The van der Waals surface area contributed by atoms with E-state index in [2.05, 4.69) is 31.3 Å². The van der Waals surface area contributed by atoms with Gasteiger partial charge in [0.05, 0.1) is 26.8 Å². The van der Waals surface area contributed by atoms with Gasteiger partial charge in [-0.1, -0.05) is 12.1 Å². The summed E-state index contributed by atoms with van der Waals surface area (Å²) in [6.45, 7) is 0.888. The van der Waals surface area contributed by atoms with Crippen molar-refractivity contribution in [1.29, 1.82) is 0 Å². The normalized spacial score (nSPS) is 11.6. The number of carbonyl (C=O) groups excluding carboxylic acids is 1. The summed E-state index contributed by atoms with van der Waals surface area (Å²) < 4.78 is 33.4. The molecule has 0 amide bonds. The van der Waals surface area contributed by atoms with Gasteiger partial charge in [-0.05, 0) is 12.1 Å². The maximum Gasteiger partial charge on any atom is 0.430 e. The quantitative estimate of drug-likeness (QED) is 0.708. The van der Waals surface area contributed by atoms with E-state index in [1.54, 1.807) is 12.1 Å². The minimum atomic E-state index is -5.19. The molecule has 0 saturated carbocycles. The molecule has 0 fully saturated rings. The third kappa shape index (κ3) is 6.30. The number of carboxylic acids is 1. The number of quaternary nitrogens is 1. The first-order chi connectivity index (χ1) is 11.3. The van der Waals surface area contributed by atoms with Gasteiger partial charge in [-0.3, -0.25) is 0 Å². The van der Waals surface area contributed by atoms with Gasteiger partial charge in [0.25, 0.3) is 0 Å². The summed E-state index contributed by atoms with van der Waals surface area (Å²) >= 11 is 0. The van der Waals surface area contributed by atoms with E-state index in [1.807, 2.05) is 12.1 Å². The fourth-order valence-corrected chi connectivity index (χ4v) is 1.84. The van der Waals surface area contributed by atoms with Crippen molar-refractivity contribution < 1.29 is 27.6 Å². The number of alkyl halides is 3. The SMILES string of the molecule is C[N+](C)(C)Cc1ccc(-n2c(=O)[nH][nH]c2=O)cc1.O=C([O-])C(F)(F)F. The minimum Gasteiger partial charge on any atom is -0.542 e. The van der Waals surface area contributed by atoms with E-state index in [1.165, 1.54) is 0 Å². The lowest BCUT2D eigenvalue weighted by atomic mass is 10.2. The second-order valence-corrected chi connectivity index (χ2v) is 6.10. The van der Waals surface area contributed by atoms with Crippen LogP contribution in [-0.4, -0.2) is 52.5 Å². The Labute approximate surface area is 139 Å². The summed E-state index contributed by atoms with van der Waals surface area (Å²) in [6.07, 6.45) is -5.19. The van der Waals surface area contributed by atoms with Crippen molar-refractivity contribution in [3.05, 3.63) is 50.8 Å². The molecule has 8 nitrogen and oxygen atoms in total. The van der Waals surface area contributed by atoms with Crippen molar-refractivity contribution in [3.63, 3.8) is 0 Å². The number of rotatable bonds is 3. The lowest BCUT2D eigenvalue weighted by Gasteiger charge is -2.23. The van der Waals surface area contributed by atoms with E-state index in [0.29, 0.717) is 5.69 Å². The fourth-order valence-electron chi connectivity index (χ4n) is 1.84. The van der Waals surface area contributed by atoms with Crippen LogP contribution >= 0.6 is 0 Å². The Morgan fingerprint density at radius 1 is 1.08 bits per heavy atom. The van der Waals surface area contributed by atoms with Gasteiger partial charge in [0.1, 0.15) is 12.5 Å². The molecule has 2 aromatic rings. The molecule has 0 spiro atoms. The Kier molecular flexibility index (Phi) is 5.97. The summed E-state index contributed by atoms with van der Waals surface area (Å²) in [7, 11) is 6.32. The molecule has 0 aliphatic heterocycles. The smallest absolute Gasteiger partial charge is 0.430 e. The Morgan fingerprint density at radius 3 is 1.80 bits per heavy atom. The predicted molar refractivity (Wildman–Crippen MR) is 79.8 cm³/mol. The molecule has 0 aliphatic carbocycles. The van der Waals surface area contributed by atoms with E-state index in [4.69, 9.17) is 9.90 Å². The second kappa shape index (κ2) is 7.38. The summed E-state index contributed by atoms with van der Waals surface area (Å²) in [5, 5.41) is 13.3. The third-order valence-corrected chi connectivity index (χ3v) is 2.77. The lowest BCUT2D eigenvalue weighted by molar-refractivity contribution is -0.884. The molecule has 1 aromatic heterocycles. The number of hydrogen-bond acceptors (Lipinski definition) is 4. The topological polar surface area (TPSA) is 111 Å². The van der Waals surface area contributed by atoms with Crippen LogP contribution in [0.4, 0.5) is 13.2 Å². The van der Waals surface area contributed by atoms with Crippen LogP contribution in [0.15, 0.2) is 33.9 Å². The number of hydrogen-bond donors (Lipinski definition) is 2. The molecular formula is C14H17F3N4O4. The molecule has 138 valence electrons. The molecule has 0 bridgehead atoms. The molecule has 1 aromatic carbocycles. The van der Waals surface area contributed by atoms with Crippen LogP contribution in [0, 0.1) is 0 Å². The predicted octanol–water partition coefficient (Wildman–Crippen LogP) is -0.641. The number of aromatic amines is 2. The Bertz CT molecular complexity index is 798. The van der Waals surface area contributed by atoms with E-state index in [9.17, 15) is 22.8 Å². The summed E-state index contributed by atoms with van der Waals surface area (Å²) in [5.74, 6) is -3.01. The molecule has 0 radical (unpaired) electrons. The number of carbonyl (C=O) groups is 1. The van der Waals surface area contributed by atoms with E-state index >= 15 is 0 Å². The van der Waals surface area contributed by atoms with Crippen molar-refractivity contribution in [2.45, 2.75) is 12.7 Å². The number of benzene rings is 1. The van der Waals surface area contributed by atoms with Crippen molar-refractivity contribution in [1.82, 2.24) is 14.8 Å². The number of halogens is 3. The zero-order chi connectivity index (χ0) is 19.4. The Morgan fingerprint density at radius 2 is 1.48 bits per heavy atom. The molecule has 11 heteroatoms. The monoisotopic (exact) mass is 362 g/mol.